The molecule has 1 aliphatic rings. The second-order valence-corrected chi connectivity index (χ2v) is 5.01. The van der Waals surface area contributed by atoms with Gasteiger partial charge in [-0.2, -0.15) is 0 Å². The van der Waals surface area contributed by atoms with Crippen molar-refractivity contribution in [3.05, 3.63) is 29.7 Å². The number of carbonyl (C=O) groups is 1. The van der Waals surface area contributed by atoms with Crippen molar-refractivity contribution in [2.75, 3.05) is 13.1 Å². The smallest absolute Gasteiger partial charge is 0.250 e. The standard InChI is InChI=1S/C14H18N2O2S/c1-11-5-6-12(18-11)7-8-13(17)15-14(19)16-9-3-2-4-10-16/h5-8H,2-4,9-10H2,1H3,(H,15,17,19)/b8-7+. The molecule has 1 N–H and O–H groups in total. The van der Waals surface area contributed by atoms with Gasteiger partial charge in [-0.1, -0.05) is 0 Å². The molecule has 1 saturated heterocycles. The third-order valence-electron chi connectivity index (χ3n) is 3.03. The summed E-state index contributed by atoms with van der Waals surface area (Å²) in [6, 6.07) is 3.68. The zero-order valence-electron chi connectivity index (χ0n) is 11.0. The molecule has 0 bridgehead atoms. The largest absolute Gasteiger partial charge is 0.462 e. The summed E-state index contributed by atoms with van der Waals surface area (Å²) in [5, 5.41) is 3.24. The number of rotatable bonds is 2. The maximum atomic E-state index is 11.7. The summed E-state index contributed by atoms with van der Waals surface area (Å²) in [5.74, 6) is 1.27. The normalized spacial score (nSPS) is 15.7. The molecule has 0 atom stereocenters. The number of hydrogen-bond donors (Lipinski definition) is 1. The van der Waals surface area contributed by atoms with Gasteiger partial charge in [0.05, 0.1) is 0 Å². The van der Waals surface area contributed by atoms with E-state index in [0.717, 1.165) is 31.7 Å². The van der Waals surface area contributed by atoms with E-state index in [2.05, 4.69) is 5.32 Å². The van der Waals surface area contributed by atoms with Crippen LogP contribution in [0.5, 0.6) is 0 Å². The Bertz CT molecular complexity index is 487. The average Bonchev–Trinajstić information content (AvgIpc) is 2.83. The third-order valence-corrected chi connectivity index (χ3v) is 3.39. The van der Waals surface area contributed by atoms with Crippen molar-refractivity contribution in [2.24, 2.45) is 0 Å². The first-order chi connectivity index (χ1) is 9.15. The number of thiocarbonyl (C=S) groups is 1. The minimum atomic E-state index is -0.218. The first kappa shape index (κ1) is 13.8. The molecule has 19 heavy (non-hydrogen) atoms. The van der Waals surface area contributed by atoms with Gasteiger partial charge in [-0.25, -0.2) is 0 Å². The Balaban J connectivity index is 1.83. The second kappa shape index (κ2) is 6.52. The van der Waals surface area contributed by atoms with Gasteiger partial charge in [-0.15, -0.1) is 0 Å². The maximum absolute atomic E-state index is 11.7. The van der Waals surface area contributed by atoms with Crippen LogP contribution >= 0.6 is 12.2 Å². The van der Waals surface area contributed by atoms with Crippen molar-refractivity contribution in [3.8, 4) is 0 Å². The SMILES string of the molecule is Cc1ccc(/C=C/C(=O)NC(=S)N2CCCCC2)o1. The molecule has 5 heteroatoms. The van der Waals surface area contributed by atoms with Crippen LogP contribution < -0.4 is 5.32 Å². The number of furan rings is 1. The summed E-state index contributed by atoms with van der Waals surface area (Å²) < 4.78 is 5.35. The van der Waals surface area contributed by atoms with Crippen LogP contribution in [0.15, 0.2) is 22.6 Å². The topological polar surface area (TPSA) is 45.5 Å². The van der Waals surface area contributed by atoms with Crippen LogP contribution in [0.25, 0.3) is 6.08 Å². The van der Waals surface area contributed by atoms with E-state index in [1.54, 1.807) is 6.08 Å². The van der Waals surface area contributed by atoms with Gasteiger partial charge in [0.2, 0.25) is 5.91 Å². The molecular weight excluding hydrogens is 260 g/mol. The van der Waals surface area contributed by atoms with Gasteiger partial charge in [0.15, 0.2) is 5.11 Å². The first-order valence-corrected chi connectivity index (χ1v) is 6.90. The minimum Gasteiger partial charge on any atom is -0.462 e. The molecule has 0 unspecified atom stereocenters. The molecule has 2 rings (SSSR count). The number of likely N-dealkylation sites (tertiary alicyclic amines) is 1. The Morgan fingerprint density at radius 3 is 2.74 bits per heavy atom. The highest BCUT2D eigenvalue weighted by Gasteiger charge is 2.14. The van der Waals surface area contributed by atoms with E-state index >= 15 is 0 Å². The van der Waals surface area contributed by atoms with Gasteiger partial charge in [-0.3, -0.25) is 10.1 Å². The summed E-state index contributed by atoms with van der Waals surface area (Å²) in [6.07, 6.45) is 6.59. The lowest BCUT2D eigenvalue weighted by atomic mass is 10.1. The van der Waals surface area contributed by atoms with E-state index < -0.39 is 0 Å². The molecule has 0 aliphatic carbocycles. The average molecular weight is 278 g/mol. The Labute approximate surface area is 118 Å². The van der Waals surface area contributed by atoms with Crippen LogP contribution in [0, 0.1) is 6.92 Å². The first-order valence-electron chi connectivity index (χ1n) is 6.49. The molecular formula is C14H18N2O2S. The number of piperidine rings is 1. The number of hydrogen-bond acceptors (Lipinski definition) is 3. The van der Waals surface area contributed by atoms with Crippen molar-refractivity contribution in [1.29, 1.82) is 0 Å². The van der Waals surface area contributed by atoms with Crippen molar-refractivity contribution in [3.63, 3.8) is 0 Å². The number of carbonyl (C=O) groups excluding carboxylic acids is 1. The van der Waals surface area contributed by atoms with Crippen LogP contribution in [0.3, 0.4) is 0 Å². The fraction of sp³-hybridized carbons (Fsp3) is 0.429. The van der Waals surface area contributed by atoms with Gasteiger partial charge >= 0.3 is 0 Å². The van der Waals surface area contributed by atoms with Gasteiger partial charge in [0.25, 0.3) is 0 Å². The molecule has 0 saturated carbocycles. The van der Waals surface area contributed by atoms with Crippen LogP contribution in [-0.4, -0.2) is 29.0 Å². The predicted molar refractivity (Wildman–Crippen MR) is 78.6 cm³/mol. The zero-order chi connectivity index (χ0) is 13.7. The minimum absolute atomic E-state index is 0.218. The quantitative estimate of drug-likeness (QED) is 0.667. The summed E-state index contributed by atoms with van der Waals surface area (Å²) in [5.41, 5.74) is 0. The van der Waals surface area contributed by atoms with E-state index in [-0.39, 0.29) is 5.91 Å². The number of aryl methyl sites for hydroxylation is 1. The molecule has 1 aliphatic heterocycles. The zero-order valence-corrected chi connectivity index (χ0v) is 11.8. The fourth-order valence-electron chi connectivity index (χ4n) is 2.02. The number of nitrogens with zero attached hydrogens (tertiary/aromatic N) is 1. The van der Waals surface area contributed by atoms with Crippen LogP contribution in [0.4, 0.5) is 0 Å². The lowest BCUT2D eigenvalue weighted by molar-refractivity contribution is -0.115. The lowest BCUT2D eigenvalue weighted by Gasteiger charge is -2.28. The van der Waals surface area contributed by atoms with Crippen molar-refractivity contribution in [2.45, 2.75) is 26.2 Å². The third kappa shape index (κ3) is 4.21. The molecule has 0 aromatic carbocycles. The summed E-state index contributed by atoms with van der Waals surface area (Å²) in [7, 11) is 0. The highest BCUT2D eigenvalue weighted by molar-refractivity contribution is 7.80. The van der Waals surface area contributed by atoms with Crippen molar-refractivity contribution < 1.29 is 9.21 Å². The summed E-state index contributed by atoms with van der Waals surface area (Å²) in [6.45, 7) is 3.73. The molecule has 2 heterocycles. The van der Waals surface area contributed by atoms with Crippen molar-refractivity contribution in [1.82, 2.24) is 10.2 Å². The van der Waals surface area contributed by atoms with Crippen LogP contribution in [0.2, 0.25) is 0 Å². The van der Waals surface area contributed by atoms with E-state index in [1.807, 2.05) is 24.0 Å². The molecule has 102 valence electrons. The highest BCUT2D eigenvalue weighted by atomic mass is 32.1. The van der Waals surface area contributed by atoms with Crippen LogP contribution in [-0.2, 0) is 4.79 Å². The Morgan fingerprint density at radius 1 is 1.37 bits per heavy atom. The highest BCUT2D eigenvalue weighted by Crippen LogP contribution is 2.09. The van der Waals surface area contributed by atoms with E-state index in [1.165, 1.54) is 12.5 Å². The molecule has 0 radical (unpaired) electrons. The predicted octanol–water partition coefficient (Wildman–Crippen LogP) is 2.49. The Morgan fingerprint density at radius 2 is 2.11 bits per heavy atom. The van der Waals surface area contributed by atoms with E-state index in [9.17, 15) is 4.79 Å². The van der Waals surface area contributed by atoms with Gasteiger partial charge in [-0.05, 0) is 56.6 Å². The number of amides is 1. The van der Waals surface area contributed by atoms with Crippen LogP contribution in [0.1, 0.15) is 30.8 Å². The van der Waals surface area contributed by atoms with Crippen molar-refractivity contribution >= 4 is 29.3 Å². The molecule has 0 spiro atoms. The number of nitrogens with one attached hydrogen (secondary N) is 1. The van der Waals surface area contributed by atoms with Gasteiger partial charge in [0, 0.05) is 19.2 Å². The van der Waals surface area contributed by atoms with E-state index in [4.69, 9.17) is 16.6 Å². The second-order valence-electron chi connectivity index (χ2n) is 4.62. The Hall–Kier alpha value is -1.62. The van der Waals surface area contributed by atoms with E-state index in [0.29, 0.717) is 10.9 Å². The fourth-order valence-corrected chi connectivity index (χ4v) is 2.31. The molecule has 1 fully saturated rings. The Kier molecular flexibility index (Phi) is 4.74. The maximum Gasteiger partial charge on any atom is 0.250 e. The van der Waals surface area contributed by atoms with Gasteiger partial charge < -0.3 is 9.32 Å². The summed E-state index contributed by atoms with van der Waals surface area (Å²) in [4.78, 5) is 13.8. The molecule has 1 aromatic heterocycles. The molecule has 1 aromatic rings. The van der Waals surface area contributed by atoms with Gasteiger partial charge in [0.1, 0.15) is 11.5 Å². The summed E-state index contributed by atoms with van der Waals surface area (Å²) >= 11 is 5.22. The molecule has 1 amide bonds. The molecule has 4 nitrogen and oxygen atoms in total. The monoisotopic (exact) mass is 278 g/mol. The lowest BCUT2D eigenvalue weighted by Crippen LogP contribution is -2.44.